The van der Waals surface area contributed by atoms with Crippen LogP contribution in [0.15, 0.2) is 24.5 Å². The van der Waals surface area contributed by atoms with E-state index < -0.39 is 6.04 Å². The maximum absolute atomic E-state index is 11.5. The summed E-state index contributed by atoms with van der Waals surface area (Å²) in [5, 5.41) is 2.79. The molecule has 0 radical (unpaired) electrons. The lowest BCUT2D eigenvalue weighted by molar-refractivity contribution is -0.122. The third-order valence-corrected chi connectivity index (χ3v) is 2.15. The molecule has 0 saturated carbocycles. The van der Waals surface area contributed by atoms with E-state index >= 15 is 0 Å². The summed E-state index contributed by atoms with van der Waals surface area (Å²) >= 11 is 0. The van der Waals surface area contributed by atoms with Gasteiger partial charge in [-0.2, -0.15) is 0 Å². The van der Waals surface area contributed by atoms with E-state index in [1.54, 1.807) is 12.4 Å². The Morgan fingerprint density at radius 2 is 2.20 bits per heavy atom. The minimum absolute atomic E-state index is 0.0892. The SMILES string of the molecule is CCC[C@H](N)C(=O)NCc1ccncc1. The van der Waals surface area contributed by atoms with Gasteiger partial charge in [-0.25, -0.2) is 0 Å². The van der Waals surface area contributed by atoms with Gasteiger partial charge in [-0.15, -0.1) is 0 Å². The van der Waals surface area contributed by atoms with Crippen LogP contribution >= 0.6 is 0 Å². The lowest BCUT2D eigenvalue weighted by Gasteiger charge is -2.10. The molecule has 0 aromatic carbocycles. The highest BCUT2D eigenvalue weighted by Gasteiger charge is 2.10. The summed E-state index contributed by atoms with van der Waals surface area (Å²) in [4.78, 5) is 15.4. The van der Waals surface area contributed by atoms with Gasteiger partial charge in [0.1, 0.15) is 0 Å². The summed E-state index contributed by atoms with van der Waals surface area (Å²) in [6.45, 7) is 2.52. The maximum Gasteiger partial charge on any atom is 0.237 e. The van der Waals surface area contributed by atoms with Crippen LogP contribution in [0.4, 0.5) is 0 Å². The van der Waals surface area contributed by atoms with Crippen LogP contribution < -0.4 is 11.1 Å². The van der Waals surface area contributed by atoms with E-state index in [1.165, 1.54) is 0 Å². The third kappa shape index (κ3) is 4.08. The molecule has 0 spiro atoms. The number of hydrogen-bond acceptors (Lipinski definition) is 3. The molecule has 0 aliphatic rings. The number of aromatic nitrogens is 1. The van der Waals surface area contributed by atoms with E-state index in [4.69, 9.17) is 5.73 Å². The summed E-state index contributed by atoms with van der Waals surface area (Å²) in [6.07, 6.45) is 5.05. The Hall–Kier alpha value is -1.42. The number of nitrogens with one attached hydrogen (secondary N) is 1. The van der Waals surface area contributed by atoms with Crippen molar-refractivity contribution >= 4 is 5.91 Å². The predicted molar refractivity (Wildman–Crippen MR) is 59.0 cm³/mol. The Morgan fingerprint density at radius 3 is 2.80 bits per heavy atom. The molecule has 0 fully saturated rings. The fourth-order valence-corrected chi connectivity index (χ4v) is 1.26. The van der Waals surface area contributed by atoms with Crippen molar-refractivity contribution in [2.24, 2.45) is 5.73 Å². The molecule has 15 heavy (non-hydrogen) atoms. The molecule has 3 N–H and O–H groups in total. The Bertz CT molecular complexity index is 300. The zero-order valence-electron chi connectivity index (χ0n) is 8.94. The Kier molecular flexibility index (Phi) is 4.77. The van der Waals surface area contributed by atoms with Gasteiger partial charge in [-0.3, -0.25) is 9.78 Å². The molecule has 1 aromatic rings. The van der Waals surface area contributed by atoms with Gasteiger partial charge < -0.3 is 11.1 Å². The molecule has 4 nitrogen and oxygen atoms in total. The van der Waals surface area contributed by atoms with Crippen molar-refractivity contribution in [1.29, 1.82) is 0 Å². The first-order chi connectivity index (χ1) is 7.24. The largest absolute Gasteiger partial charge is 0.351 e. The van der Waals surface area contributed by atoms with Crippen molar-refractivity contribution in [2.75, 3.05) is 0 Å². The molecule has 0 aliphatic heterocycles. The van der Waals surface area contributed by atoms with Gasteiger partial charge in [0.05, 0.1) is 6.04 Å². The van der Waals surface area contributed by atoms with Crippen LogP contribution in [0.25, 0.3) is 0 Å². The molecular formula is C11H17N3O. The highest BCUT2D eigenvalue weighted by molar-refractivity contribution is 5.81. The Labute approximate surface area is 89.9 Å². The van der Waals surface area contributed by atoms with Gasteiger partial charge in [0.15, 0.2) is 0 Å². The van der Waals surface area contributed by atoms with Crippen LogP contribution in [0.5, 0.6) is 0 Å². The number of pyridine rings is 1. The summed E-state index contributed by atoms with van der Waals surface area (Å²) in [7, 11) is 0. The van der Waals surface area contributed by atoms with Crippen LogP contribution in [0, 0.1) is 0 Å². The number of carbonyl (C=O) groups excluding carboxylic acids is 1. The number of nitrogens with two attached hydrogens (primary N) is 1. The fourth-order valence-electron chi connectivity index (χ4n) is 1.26. The molecular weight excluding hydrogens is 190 g/mol. The zero-order chi connectivity index (χ0) is 11.1. The lowest BCUT2D eigenvalue weighted by Crippen LogP contribution is -2.40. The van der Waals surface area contributed by atoms with Gasteiger partial charge in [0.25, 0.3) is 0 Å². The van der Waals surface area contributed by atoms with Crippen molar-refractivity contribution in [2.45, 2.75) is 32.4 Å². The first-order valence-electron chi connectivity index (χ1n) is 5.16. The van der Waals surface area contributed by atoms with Crippen LogP contribution in [-0.2, 0) is 11.3 Å². The summed E-state index contributed by atoms with van der Waals surface area (Å²) in [5.74, 6) is -0.0892. The number of rotatable bonds is 5. The Balaban J connectivity index is 2.34. The van der Waals surface area contributed by atoms with E-state index in [0.717, 1.165) is 18.4 Å². The fraction of sp³-hybridized carbons (Fsp3) is 0.455. The number of carbonyl (C=O) groups is 1. The topological polar surface area (TPSA) is 68.0 Å². The average molecular weight is 207 g/mol. The predicted octanol–water partition coefficient (Wildman–Crippen LogP) is 0.825. The molecule has 0 unspecified atom stereocenters. The van der Waals surface area contributed by atoms with Gasteiger partial charge in [-0.05, 0) is 24.1 Å². The summed E-state index contributed by atoms with van der Waals surface area (Å²) in [5.41, 5.74) is 6.70. The summed E-state index contributed by atoms with van der Waals surface area (Å²) in [6, 6.07) is 3.34. The lowest BCUT2D eigenvalue weighted by atomic mass is 10.1. The van der Waals surface area contributed by atoms with Gasteiger partial charge in [-0.1, -0.05) is 13.3 Å². The van der Waals surface area contributed by atoms with E-state index in [1.807, 2.05) is 19.1 Å². The minimum atomic E-state index is -0.392. The zero-order valence-corrected chi connectivity index (χ0v) is 8.94. The first kappa shape index (κ1) is 11.7. The van der Waals surface area contributed by atoms with E-state index in [9.17, 15) is 4.79 Å². The van der Waals surface area contributed by atoms with Crippen LogP contribution in [-0.4, -0.2) is 16.9 Å². The van der Waals surface area contributed by atoms with Crippen molar-refractivity contribution in [1.82, 2.24) is 10.3 Å². The second kappa shape index (κ2) is 6.14. The standard InChI is InChI=1S/C11H17N3O/c1-2-3-10(12)11(15)14-8-9-4-6-13-7-5-9/h4-7,10H,2-3,8,12H2,1H3,(H,14,15)/t10-/m0/s1. The molecule has 1 aromatic heterocycles. The number of nitrogens with zero attached hydrogens (tertiary/aromatic N) is 1. The van der Waals surface area contributed by atoms with Crippen LogP contribution in [0.2, 0.25) is 0 Å². The molecule has 0 saturated heterocycles. The van der Waals surface area contributed by atoms with Crippen LogP contribution in [0.3, 0.4) is 0 Å². The quantitative estimate of drug-likeness (QED) is 0.751. The maximum atomic E-state index is 11.5. The molecule has 82 valence electrons. The van der Waals surface area contributed by atoms with Crippen molar-refractivity contribution < 1.29 is 4.79 Å². The monoisotopic (exact) mass is 207 g/mol. The molecule has 1 rings (SSSR count). The smallest absolute Gasteiger partial charge is 0.237 e. The minimum Gasteiger partial charge on any atom is -0.351 e. The molecule has 1 amide bonds. The van der Waals surface area contributed by atoms with E-state index in [2.05, 4.69) is 10.3 Å². The first-order valence-corrected chi connectivity index (χ1v) is 5.16. The highest BCUT2D eigenvalue weighted by Crippen LogP contribution is 1.97. The van der Waals surface area contributed by atoms with Crippen LogP contribution in [0.1, 0.15) is 25.3 Å². The highest BCUT2D eigenvalue weighted by atomic mass is 16.2. The number of hydrogen-bond donors (Lipinski definition) is 2. The molecule has 0 bridgehead atoms. The van der Waals surface area contributed by atoms with Crippen molar-refractivity contribution in [3.05, 3.63) is 30.1 Å². The molecule has 0 aliphatic carbocycles. The van der Waals surface area contributed by atoms with E-state index in [-0.39, 0.29) is 5.91 Å². The summed E-state index contributed by atoms with van der Waals surface area (Å²) < 4.78 is 0. The molecule has 1 heterocycles. The molecule has 1 atom stereocenters. The van der Waals surface area contributed by atoms with E-state index in [0.29, 0.717) is 6.54 Å². The molecule has 4 heteroatoms. The second-order valence-corrected chi connectivity index (χ2v) is 3.47. The van der Waals surface area contributed by atoms with Gasteiger partial charge in [0, 0.05) is 18.9 Å². The Morgan fingerprint density at radius 1 is 1.53 bits per heavy atom. The van der Waals surface area contributed by atoms with Gasteiger partial charge in [0.2, 0.25) is 5.91 Å². The van der Waals surface area contributed by atoms with Gasteiger partial charge >= 0.3 is 0 Å². The number of amides is 1. The average Bonchev–Trinajstić information content (AvgIpc) is 2.27. The normalized spacial score (nSPS) is 12.1. The van der Waals surface area contributed by atoms with Crippen molar-refractivity contribution in [3.63, 3.8) is 0 Å². The third-order valence-electron chi connectivity index (χ3n) is 2.15. The second-order valence-electron chi connectivity index (χ2n) is 3.47. The van der Waals surface area contributed by atoms with Crippen molar-refractivity contribution in [3.8, 4) is 0 Å².